The lowest BCUT2D eigenvalue weighted by atomic mass is 10.3. The van der Waals surface area contributed by atoms with Gasteiger partial charge in [-0.15, -0.1) is 0 Å². The van der Waals surface area contributed by atoms with E-state index in [1.807, 2.05) is 6.07 Å². The molecule has 0 aliphatic heterocycles. The van der Waals surface area contributed by atoms with Crippen LogP contribution in [0.4, 0.5) is 0 Å². The summed E-state index contributed by atoms with van der Waals surface area (Å²) in [6.45, 7) is 4.15. The molecule has 1 aromatic heterocycles. The van der Waals surface area contributed by atoms with Crippen molar-refractivity contribution < 1.29 is 14.3 Å². The molecule has 1 rings (SSSR count). The highest BCUT2D eigenvalue weighted by Crippen LogP contribution is 1.98. The maximum atomic E-state index is 10.3. The minimum absolute atomic E-state index is 0.145. The van der Waals surface area contributed by atoms with Gasteiger partial charge in [-0.3, -0.25) is 0 Å². The first-order valence-electron chi connectivity index (χ1n) is 3.84. The SMILES string of the molecule is C=C(CNCc1ccco1)C(=O)O. The number of carbonyl (C=O) groups is 1. The van der Waals surface area contributed by atoms with Crippen molar-refractivity contribution in [3.63, 3.8) is 0 Å². The van der Waals surface area contributed by atoms with Gasteiger partial charge in [0.05, 0.1) is 12.8 Å². The van der Waals surface area contributed by atoms with E-state index in [0.717, 1.165) is 5.76 Å². The molecule has 2 N–H and O–H groups in total. The molecule has 70 valence electrons. The van der Waals surface area contributed by atoms with Crippen LogP contribution in [0.5, 0.6) is 0 Å². The van der Waals surface area contributed by atoms with Crippen LogP contribution in [-0.2, 0) is 11.3 Å². The molecule has 0 aromatic carbocycles. The Kier molecular flexibility index (Phi) is 3.28. The topological polar surface area (TPSA) is 62.5 Å². The fourth-order valence-corrected chi connectivity index (χ4v) is 0.825. The molecule has 0 atom stereocenters. The molecule has 13 heavy (non-hydrogen) atoms. The van der Waals surface area contributed by atoms with Gasteiger partial charge >= 0.3 is 5.97 Å². The van der Waals surface area contributed by atoms with Crippen LogP contribution in [0.3, 0.4) is 0 Å². The third kappa shape index (κ3) is 3.13. The summed E-state index contributed by atoms with van der Waals surface area (Å²) in [5.41, 5.74) is 0.145. The molecule has 4 heteroatoms. The molecule has 0 unspecified atom stereocenters. The van der Waals surface area contributed by atoms with Gasteiger partial charge in [-0.25, -0.2) is 4.79 Å². The van der Waals surface area contributed by atoms with Gasteiger partial charge in [-0.2, -0.15) is 0 Å². The number of rotatable bonds is 5. The Hall–Kier alpha value is -1.55. The number of furan rings is 1. The predicted octanol–water partition coefficient (Wildman–Crippen LogP) is 1.01. The van der Waals surface area contributed by atoms with Crippen LogP contribution < -0.4 is 5.32 Å². The van der Waals surface area contributed by atoms with Gasteiger partial charge in [0.25, 0.3) is 0 Å². The highest BCUT2D eigenvalue weighted by Gasteiger charge is 2.02. The second kappa shape index (κ2) is 4.47. The van der Waals surface area contributed by atoms with Gasteiger partial charge in [-0.05, 0) is 12.1 Å². The quantitative estimate of drug-likeness (QED) is 0.665. The van der Waals surface area contributed by atoms with E-state index in [-0.39, 0.29) is 12.1 Å². The van der Waals surface area contributed by atoms with E-state index >= 15 is 0 Å². The number of carboxylic acid groups (broad SMARTS) is 1. The third-order valence-electron chi connectivity index (χ3n) is 1.52. The smallest absolute Gasteiger partial charge is 0.332 e. The Morgan fingerprint density at radius 2 is 2.46 bits per heavy atom. The normalized spacial score (nSPS) is 9.85. The standard InChI is InChI=1S/C9H11NO3/c1-7(9(11)12)5-10-6-8-3-2-4-13-8/h2-4,10H,1,5-6H2,(H,11,12). The Labute approximate surface area is 75.9 Å². The number of carboxylic acids is 1. The number of hydrogen-bond donors (Lipinski definition) is 2. The second-order valence-corrected chi connectivity index (χ2v) is 2.59. The predicted molar refractivity (Wildman–Crippen MR) is 47.2 cm³/mol. The Morgan fingerprint density at radius 3 is 3.00 bits per heavy atom. The van der Waals surface area contributed by atoms with Crippen molar-refractivity contribution >= 4 is 5.97 Å². The molecule has 0 saturated carbocycles. The number of nitrogens with one attached hydrogen (secondary N) is 1. The van der Waals surface area contributed by atoms with E-state index < -0.39 is 5.97 Å². The van der Waals surface area contributed by atoms with Gasteiger partial charge in [0.1, 0.15) is 5.76 Å². The third-order valence-corrected chi connectivity index (χ3v) is 1.52. The van der Waals surface area contributed by atoms with Gasteiger partial charge in [0.15, 0.2) is 0 Å². The number of hydrogen-bond acceptors (Lipinski definition) is 3. The van der Waals surface area contributed by atoms with Gasteiger partial charge < -0.3 is 14.8 Å². The molecule has 0 radical (unpaired) electrons. The Morgan fingerprint density at radius 1 is 1.69 bits per heavy atom. The summed E-state index contributed by atoms with van der Waals surface area (Å²) in [5, 5.41) is 11.4. The van der Waals surface area contributed by atoms with Crippen LogP contribution in [0, 0.1) is 0 Å². The van der Waals surface area contributed by atoms with Gasteiger partial charge in [0.2, 0.25) is 0 Å². The van der Waals surface area contributed by atoms with Gasteiger partial charge in [0, 0.05) is 12.1 Å². The van der Waals surface area contributed by atoms with E-state index in [4.69, 9.17) is 9.52 Å². The summed E-state index contributed by atoms with van der Waals surface area (Å²) < 4.78 is 5.04. The Bertz CT molecular complexity index is 290. The lowest BCUT2D eigenvalue weighted by Crippen LogP contribution is -2.19. The molecular formula is C9H11NO3. The van der Waals surface area contributed by atoms with Crippen LogP contribution >= 0.6 is 0 Å². The van der Waals surface area contributed by atoms with E-state index in [0.29, 0.717) is 6.54 Å². The number of aliphatic carboxylic acids is 1. The maximum Gasteiger partial charge on any atom is 0.332 e. The summed E-state index contributed by atoms with van der Waals surface area (Å²) in [6.07, 6.45) is 1.57. The van der Waals surface area contributed by atoms with E-state index in [2.05, 4.69) is 11.9 Å². The van der Waals surface area contributed by atoms with Crippen LogP contribution in [0.25, 0.3) is 0 Å². The molecule has 0 spiro atoms. The first-order chi connectivity index (χ1) is 6.20. The van der Waals surface area contributed by atoms with Crippen molar-refractivity contribution in [3.8, 4) is 0 Å². The minimum Gasteiger partial charge on any atom is -0.478 e. The maximum absolute atomic E-state index is 10.3. The summed E-state index contributed by atoms with van der Waals surface area (Å²) in [4.78, 5) is 10.3. The zero-order valence-electron chi connectivity index (χ0n) is 7.12. The monoisotopic (exact) mass is 181 g/mol. The molecule has 1 aromatic rings. The minimum atomic E-state index is -0.980. The Balaban J connectivity index is 2.22. The average Bonchev–Trinajstić information content (AvgIpc) is 2.56. The molecule has 0 bridgehead atoms. The first kappa shape index (κ1) is 9.54. The van der Waals surface area contributed by atoms with Crippen LogP contribution in [0.1, 0.15) is 5.76 Å². The van der Waals surface area contributed by atoms with Gasteiger partial charge in [-0.1, -0.05) is 6.58 Å². The molecule has 0 fully saturated rings. The molecule has 4 nitrogen and oxygen atoms in total. The zero-order chi connectivity index (χ0) is 9.68. The van der Waals surface area contributed by atoms with Crippen molar-refractivity contribution in [2.75, 3.05) is 6.54 Å². The van der Waals surface area contributed by atoms with Crippen LogP contribution in [-0.4, -0.2) is 17.6 Å². The van der Waals surface area contributed by atoms with Crippen LogP contribution in [0.15, 0.2) is 35.0 Å². The lowest BCUT2D eigenvalue weighted by molar-refractivity contribution is -0.132. The van der Waals surface area contributed by atoms with Crippen molar-refractivity contribution in [1.82, 2.24) is 5.32 Å². The summed E-state index contributed by atoms with van der Waals surface area (Å²) in [6, 6.07) is 3.60. The fraction of sp³-hybridized carbons (Fsp3) is 0.222. The first-order valence-corrected chi connectivity index (χ1v) is 3.84. The van der Waals surface area contributed by atoms with Crippen LogP contribution in [0.2, 0.25) is 0 Å². The van der Waals surface area contributed by atoms with E-state index in [1.165, 1.54) is 0 Å². The van der Waals surface area contributed by atoms with Crippen molar-refractivity contribution in [1.29, 1.82) is 0 Å². The highest BCUT2D eigenvalue weighted by atomic mass is 16.4. The highest BCUT2D eigenvalue weighted by molar-refractivity contribution is 5.86. The summed E-state index contributed by atoms with van der Waals surface area (Å²) in [7, 11) is 0. The summed E-state index contributed by atoms with van der Waals surface area (Å²) in [5.74, 6) is -0.204. The molecular weight excluding hydrogens is 170 g/mol. The summed E-state index contributed by atoms with van der Waals surface area (Å²) >= 11 is 0. The second-order valence-electron chi connectivity index (χ2n) is 2.59. The largest absolute Gasteiger partial charge is 0.478 e. The molecule has 0 aliphatic rings. The molecule has 0 saturated heterocycles. The van der Waals surface area contributed by atoms with E-state index in [9.17, 15) is 4.79 Å². The fourth-order valence-electron chi connectivity index (χ4n) is 0.825. The lowest BCUT2D eigenvalue weighted by Gasteiger charge is -2.01. The zero-order valence-corrected chi connectivity index (χ0v) is 7.12. The van der Waals surface area contributed by atoms with Crippen molar-refractivity contribution in [2.45, 2.75) is 6.54 Å². The molecule has 0 amide bonds. The van der Waals surface area contributed by atoms with Crippen molar-refractivity contribution in [3.05, 3.63) is 36.3 Å². The van der Waals surface area contributed by atoms with E-state index in [1.54, 1.807) is 12.3 Å². The average molecular weight is 181 g/mol. The molecule has 0 aliphatic carbocycles. The molecule has 1 heterocycles. The van der Waals surface area contributed by atoms with Crippen molar-refractivity contribution in [2.24, 2.45) is 0 Å².